The van der Waals surface area contributed by atoms with Crippen molar-refractivity contribution in [3.05, 3.63) is 63.6 Å². The Morgan fingerprint density at radius 2 is 2.00 bits per heavy atom. The molecule has 2 rings (SSSR count). The zero-order valence-electron chi connectivity index (χ0n) is 12.7. The summed E-state index contributed by atoms with van der Waals surface area (Å²) < 4.78 is 7.18. The smallest absolute Gasteiger partial charge is 0.328 e. The molecule has 1 aromatic heterocycles. The van der Waals surface area contributed by atoms with E-state index in [0.29, 0.717) is 11.3 Å². The van der Waals surface area contributed by atoms with Crippen molar-refractivity contribution >= 4 is 12.0 Å². The zero-order chi connectivity index (χ0) is 16.3. The molecule has 0 spiro atoms. The summed E-state index contributed by atoms with van der Waals surface area (Å²) in [5.41, 5.74) is 2.66. The highest BCUT2D eigenvalue weighted by molar-refractivity contribution is 5.85. The van der Waals surface area contributed by atoms with E-state index in [1.807, 2.05) is 36.6 Å². The van der Waals surface area contributed by atoms with Crippen LogP contribution in [0.5, 0.6) is 5.75 Å². The average Bonchev–Trinajstić information content (AvgIpc) is 2.46. The first-order valence-electron chi connectivity index (χ1n) is 6.71. The third-order valence-electron chi connectivity index (χ3n) is 3.27. The van der Waals surface area contributed by atoms with Crippen LogP contribution in [0.15, 0.2) is 41.3 Å². The highest BCUT2D eigenvalue weighted by Gasteiger charge is 2.09. The quantitative estimate of drug-likeness (QED) is 0.881. The summed E-state index contributed by atoms with van der Waals surface area (Å²) in [5.74, 6) is -0.426. The Balaban J connectivity index is 2.66. The maximum atomic E-state index is 12.0. The molecule has 0 saturated heterocycles. The molecular formula is C17H17NO4. The monoisotopic (exact) mass is 299 g/mol. The molecule has 22 heavy (non-hydrogen) atoms. The van der Waals surface area contributed by atoms with E-state index < -0.39 is 5.97 Å². The van der Waals surface area contributed by atoms with Crippen LogP contribution in [0.1, 0.15) is 16.8 Å². The minimum atomic E-state index is -1.10. The van der Waals surface area contributed by atoms with Crippen LogP contribution in [-0.2, 0) is 4.79 Å². The Kier molecular flexibility index (Phi) is 4.46. The lowest BCUT2D eigenvalue weighted by atomic mass is 10.1. The van der Waals surface area contributed by atoms with Gasteiger partial charge in [0, 0.05) is 29.6 Å². The molecule has 0 aliphatic heterocycles. The molecule has 5 nitrogen and oxygen atoms in total. The van der Waals surface area contributed by atoms with Crippen LogP contribution in [0.2, 0.25) is 0 Å². The summed E-state index contributed by atoms with van der Waals surface area (Å²) in [6, 6.07) is 7.21. The average molecular weight is 299 g/mol. The van der Waals surface area contributed by atoms with Crippen LogP contribution in [0.25, 0.3) is 11.8 Å². The van der Waals surface area contributed by atoms with E-state index in [4.69, 9.17) is 9.84 Å². The molecule has 0 fully saturated rings. The third-order valence-corrected chi connectivity index (χ3v) is 3.27. The van der Waals surface area contributed by atoms with Crippen molar-refractivity contribution in [2.75, 3.05) is 7.11 Å². The lowest BCUT2D eigenvalue weighted by Crippen LogP contribution is -2.12. The van der Waals surface area contributed by atoms with E-state index in [1.54, 1.807) is 13.3 Å². The van der Waals surface area contributed by atoms with Crippen LogP contribution >= 0.6 is 0 Å². The number of hydrogen-bond acceptors (Lipinski definition) is 3. The fourth-order valence-corrected chi connectivity index (χ4v) is 2.18. The molecule has 0 aliphatic rings. The van der Waals surface area contributed by atoms with Gasteiger partial charge in [0.2, 0.25) is 0 Å². The molecule has 1 N–H and O–H groups in total. The summed E-state index contributed by atoms with van der Waals surface area (Å²) in [4.78, 5) is 22.6. The third kappa shape index (κ3) is 3.25. The summed E-state index contributed by atoms with van der Waals surface area (Å²) in [6.45, 7) is 3.78. The van der Waals surface area contributed by atoms with Gasteiger partial charge in [-0.1, -0.05) is 6.07 Å². The molecule has 2 aromatic rings. The number of nitrogens with zero attached hydrogens (tertiary/aromatic N) is 1. The fourth-order valence-electron chi connectivity index (χ4n) is 2.18. The Bertz CT molecular complexity index is 803. The maximum absolute atomic E-state index is 12.0. The van der Waals surface area contributed by atoms with Gasteiger partial charge in [-0.15, -0.1) is 0 Å². The Morgan fingerprint density at radius 1 is 1.27 bits per heavy atom. The molecule has 1 heterocycles. The lowest BCUT2D eigenvalue weighted by molar-refractivity contribution is -0.131. The minimum Gasteiger partial charge on any atom is -0.495 e. The highest BCUT2D eigenvalue weighted by atomic mass is 16.5. The van der Waals surface area contributed by atoms with Crippen molar-refractivity contribution in [1.82, 2.24) is 4.57 Å². The molecule has 0 saturated carbocycles. The summed E-state index contributed by atoms with van der Waals surface area (Å²) in [6.07, 6.45) is 3.86. The number of aromatic nitrogens is 1. The van der Waals surface area contributed by atoms with E-state index >= 15 is 0 Å². The number of aliphatic carboxylic acids is 1. The van der Waals surface area contributed by atoms with Gasteiger partial charge in [0.25, 0.3) is 0 Å². The number of rotatable bonds is 4. The molecule has 0 bridgehead atoms. The van der Waals surface area contributed by atoms with Crippen molar-refractivity contribution in [3.63, 3.8) is 0 Å². The number of ether oxygens (including phenoxy) is 1. The standard InChI is InChI=1S/C17H17NO4/c1-11-4-6-16(22-3)14(8-11)18-10-13(5-7-17(20)21)15(19)9-12(18)2/h4-10H,1-3H3,(H,20,21)/b7-5+. The molecule has 5 heteroatoms. The SMILES string of the molecule is COc1ccc(C)cc1-n1cc(/C=C/C(=O)O)c(=O)cc1C. The second-order valence-corrected chi connectivity index (χ2v) is 4.95. The van der Waals surface area contributed by atoms with Crippen LogP contribution in [-0.4, -0.2) is 22.8 Å². The lowest BCUT2D eigenvalue weighted by Gasteiger charge is -2.16. The number of benzene rings is 1. The first-order valence-corrected chi connectivity index (χ1v) is 6.71. The molecule has 0 aliphatic carbocycles. The van der Waals surface area contributed by atoms with Gasteiger partial charge < -0.3 is 14.4 Å². The van der Waals surface area contributed by atoms with Crippen molar-refractivity contribution in [3.8, 4) is 11.4 Å². The van der Waals surface area contributed by atoms with Crippen LogP contribution < -0.4 is 10.2 Å². The van der Waals surface area contributed by atoms with Crippen molar-refractivity contribution in [2.45, 2.75) is 13.8 Å². The van der Waals surface area contributed by atoms with Crippen molar-refractivity contribution in [1.29, 1.82) is 0 Å². The molecule has 0 amide bonds. The number of hydrogen-bond donors (Lipinski definition) is 1. The predicted molar refractivity (Wildman–Crippen MR) is 84.7 cm³/mol. The second kappa shape index (κ2) is 6.30. The normalized spacial score (nSPS) is 10.9. The van der Waals surface area contributed by atoms with Gasteiger partial charge in [0.1, 0.15) is 5.75 Å². The van der Waals surface area contributed by atoms with Gasteiger partial charge in [-0.2, -0.15) is 0 Å². The first-order chi connectivity index (χ1) is 10.4. The number of carboxylic acids is 1. The number of pyridine rings is 1. The van der Waals surface area contributed by atoms with Gasteiger partial charge in [-0.3, -0.25) is 4.79 Å². The number of carboxylic acid groups (broad SMARTS) is 1. The van der Waals surface area contributed by atoms with Crippen LogP contribution in [0.4, 0.5) is 0 Å². The molecule has 0 atom stereocenters. The first kappa shape index (κ1) is 15.6. The largest absolute Gasteiger partial charge is 0.495 e. The van der Waals surface area contributed by atoms with E-state index in [-0.39, 0.29) is 5.43 Å². The van der Waals surface area contributed by atoms with E-state index in [2.05, 4.69) is 0 Å². The Hall–Kier alpha value is -2.82. The molecule has 0 radical (unpaired) electrons. The zero-order valence-corrected chi connectivity index (χ0v) is 12.7. The van der Waals surface area contributed by atoms with Crippen LogP contribution in [0, 0.1) is 13.8 Å². The van der Waals surface area contributed by atoms with Gasteiger partial charge >= 0.3 is 5.97 Å². The van der Waals surface area contributed by atoms with E-state index in [9.17, 15) is 9.59 Å². The topological polar surface area (TPSA) is 68.5 Å². The highest BCUT2D eigenvalue weighted by Crippen LogP contribution is 2.25. The molecule has 1 aromatic carbocycles. The Labute approximate surface area is 128 Å². The van der Waals surface area contributed by atoms with Crippen molar-refractivity contribution in [2.24, 2.45) is 0 Å². The summed E-state index contributed by atoms with van der Waals surface area (Å²) >= 11 is 0. The van der Waals surface area contributed by atoms with Gasteiger partial charge in [-0.05, 0) is 37.6 Å². The predicted octanol–water partition coefficient (Wildman–Crippen LogP) is 2.56. The fraction of sp³-hybridized carbons (Fsp3) is 0.176. The van der Waals surface area contributed by atoms with Gasteiger partial charge in [-0.25, -0.2) is 4.79 Å². The van der Waals surface area contributed by atoms with E-state index in [0.717, 1.165) is 23.0 Å². The number of methoxy groups -OCH3 is 1. The second-order valence-electron chi connectivity index (χ2n) is 4.95. The minimum absolute atomic E-state index is 0.224. The Morgan fingerprint density at radius 3 is 2.64 bits per heavy atom. The van der Waals surface area contributed by atoms with Gasteiger partial charge in [0.05, 0.1) is 12.8 Å². The van der Waals surface area contributed by atoms with Crippen molar-refractivity contribution < 1.29 is 14.6 Å². The molecular weight excluding hydrogens is 282 g/mol. The maximum Gasteiger partial charge on any atom is 0.328 e. The molecule has 114 valence electrons. The molecule has 0 unspecified atom stereocenters. The van der Waals surface area contributed by atoms with E-state index in [1.165, 1.54) is 12.1 Å². The summed E-state index contributed by atoms with van der Waals surface area (Å²) in [7, 11) is 1.58. The van der Waals surface area contributed by atoms with Crippen LogP contribution in [0.3, 0.4) is 0 Å². The number of carbonyl (C=O) groups is 1. The van der Waals surface area contributed by atoms with Gasteiger partial charge in [0.15, 0.2) is 5.43 Å². The summed E-state index contributed by atoms with van der Waals surface area (Å²) in [5, 5.41) is 8.71. The number of aryl methyl sites for hydroxylation is 2.